The zero-order valence-corrected chi connectivity index (χ0v) is 28.7. The second-order valence-corrected chi connectivity index (χ2v) is 13.6. The second-order valence-electron chi connectivity index (χ2n) is 11.8. The maximum absolute atomic E-state index is 14.6. The quantitative estimate of drug-likeness (QED) is 0.159. The van der Waals surface area contributed by atoms with Gasteiger partial charge in [0.05, 0.1) is 17.2 Å². The molecule has 0 aromatic heterocycles. The zero-order chi connectivity index (χ0) is 34.0. The third-order valence-corrected chi connectivity index (χ3v) is 9.82. The molecule has 248 valence electrons. The Morgan fingerprint density at radius 3 is 2.09 bits per heavy atom. The Morgan fingerprint density at radius 1 is 0.809 bits per heavy atom. The van der Waals surface area contributed by atoms with Gasteiger partial charge in [0, 0.05) is 19.0 Å². The number of ether oxygens (including phenoxy) is 1. The van der Waals surface area contributed by atoms with E-state index in [1.807, 2.05) is 101 Å². The lowest BCUT2D eigenvalue weighted by molar-refractivity contribution is -0.140. The Kier molecular flexibility index (Phi) is 12.2. The number of hydrogen-bond acceptors (Lipinski definition) is 5. The maximum Gasteiger partial charge on any atom is 0.264 e. The molecule has 0 heterocycles. The van der Waals surface area contributed by atoms with Crippen molar-refractivity contribution in [3.8, 4) is 5.75 Å². The third kappa shape index (κ3) is 9.45. The van der Waals surface area contributed by atoms with Crippen molar-refractivity contribution in [1.29, 1.82) is 0 Å². The highest BCUT2D eigenvalue weighted by atomic mass is 32.2. The van der Waals surface area contributed by atoms with Crippen LogP contribution in [0.2, 0.25) is 0 Å². The van der Waals surface area contributed by atoms with Crippen LogP contribution in [0.15, 0.2) is 108 Å². The molecule has 0 radical (unpaired) electrons. The van der Waals surface area contributed by atoms with Crippen LogP contribution in [0, 0.1) is 13.8 Å². The van der Waals surface area contributed by atoms with E-state index >= 15 is 0 Å². The average Bonchev–Trinajstić information content (AvgIpc) is 3.06. The molecule has 8 nitrogen and oxygen atoms in total. The molecule has 0 bridgehead atoms. The number of amides is 2. The second kappa shape index (κ2) is 16.3. The van der Waals surface area contributed by atoms with Gasteiger partial charge in [-0.15, -0.1) is 0 Å². The van der Waals surface area contributed by atoms with Crippen molar-refractivity contribution in [2.24, 2.45) is 0 Å². The van der Waals surface area contributed by atoms with E-state index in [0.29, 0.717) is 18.0 Å². The van der Waals surface area contributed by atoms with Gasteiger partial charge in [0.15, 0.2) is 0 Å². The number of aryl methyl sites for hydroxylation is 2. The van der Waals surface area contributed by atoms with Gasteiger partial charge in [0.1, 0.15) is 18.3 Å². The molecule has 47 heavy (non-hydrogen) atoms. The maximum atomic E-state index is 14.6. The Labute approximate surface area is 279 Å². The number of benzene rings is 4. The van der Waals surface area contributed by atoms with E-state index in [0.717, 1.165) is 33.0 Å². The largest absolute Gasteiger partial charge is 0.494 e. The first kappa shape index (κ1) is 35.2. The summed E-state index contributed by atoms with van der Waals surface area (Å²) in [6, 6.07) is 29.5. The molecule has 0 aliphatic heterocycles. The summed E-state index contributed by atoms with van der Waals surface area (Å²) >= 11 is 0. The molecule has 4 aromatic rings. The highest BCUT2D eigenvalue weighted by Gasteiger charge is 2.35. The minimum atomic E-state index is -4.20. The van der Waals surface area contributed by atoms with Gasteiger partial charge >= 0.3 is 0 Å². The fourth-order valence-electron chi connectivity index (χ4n) is 5.24. The summed E-state index contributed by atoms with van der Waals surface area (Å²) in [5.74, 6) is -0.243. The van der Waals surface area contributed by atoms with Crippen molar-refractivity contribution in [3.05, 3.63) is 125 Å². The number of sulfonamides is 1. The summed E-state index contributed by atoms with van der Waals surface area (Å²) in [7, 11) is -4.20. The molecule has 0 spiro atoms. The molecule has 0 unspecified atom stereocenters. The minimum absolute atomic E-state index is 0.0231. The molecule has 0 aliphatic carbocycles. The van der Waals surface area contributed by atoms with Gasteiger partial charge in [-0.2, -0.15) is 0 Å². The summed E-state index contributed by atoms with van der Waals surface area (Å²) < 4.78 is 35.2. The van der Waals surface area contributed by atoms with Crippen LogP contribution in [0.3, 0.4) is 0 Å². The minimum Gasteiger partial charge on any atom is -0.494 e. The molecule has 0 saturated heterocycles. The monoisotopic (exact) mass is 655 g/mol. The van der Waals surface area contributed by atoms with Gasteiger partial charge < -0.3 is 15.0 Å². The summed E-state index contributed by atoms with van der Waals surface area (Å²) in [6.45, 7) is 9.70. The van der Waals surface area contributed by atoms with E-state index in [-0.39, 0.29) is 29.8 Å². The van der Waals surface area contributed by atoms with Crippen molar-refractivity contribution < 1.29 is 22.7 Å². The van der Waals surface area contributed by atoms with Crippen molar-refractivity contribution in [2.75, 3.05) is 17.5 Å². The smallest absolute Gasteiger partial charge is 0.264 e. The van der Waals surface area contributed by atoms with Crippen LogP contribution in [0.25, 0.3) is 0 Å². The summed E-state index contributed by atoms with van der Waals surface area (Å²) in [4.78, 5) is 30.1. The molecule has 9 heteroatoms. The SMILES string of the molecule is CCOc1ccc(S(=O)(=O)N(CC(=O)N(Cc2cccc(C)c2)[C@H](Cc2ccccc2)C(=O)N[C@H](C)CC)c2ccc(C)cc2)cc1. The van der Waals surface area contributed by atoms with Crippen LogP contribution in [-0.2, 0) is 32.6 Å². The molecule has 2 atom stereocenters. The normalized spacial score (nSPS) is 12.5. The van der Waals surface area contributed by atoms with Crippen LogP contribution >= 0.6 is 0 Å². The van der Waals surface area contributed by atoms with E-state index in [1.165, 1.54) is 17.0 Å². The van der Waals surface area contributed by atoms with E-state index < -0.39 is 28.5 Å². The zero-order valence-electron chi connectivity index (χ0n) is 27.8. The Morgan fingerprint density at radius 2 is 1.47 bits per heavy atom. The number of anilines is 1. The van der Waals surface area contributed by atoms with E-state index in [9.17, 15) is 18.0 Å². The number of carbonyl (C=O) groups is 2. The molecular formula is C38H45N3O5S. The standard InChI is InChI=1S/C38H45N3O5S/c1-6-30(5)39-38(43)36(25-31-13-9-8-10-14-31)40(26-32-15-11-12-29(4)24-32)37(42)27-41(33-18-16-28(3)17-19-33)47(44,45)35-22-20-34(21-23-35)46-7-2/h8-24,30,36H,6-7,25-27H2,1-5H3,(H,39,43)/t30-,36-/m1/s1. The highest BCUT2D eigenvalue weighted by molar-refractivity contribution is 7.92. The topological polar surface area (TPSA) is 96.0 Å². The lowest BCUT2D eigenvalue weighted by Crippen LogP contribution is -2.54. The predicted molar refractivity (Wildman–Crippen MR) is 187 cm³/mol. The number of nitrogens with zero attached hydrogens (tertiary/aromatic N) is 2. The molecule has 4 aromatic carbocycles. The summed E-state index contributed by atoms with van der Waals surface area (Å²) in [5, 5.41) is 3.07. The fraction of sp³-hybridized carbons (Fsp3) is 0.316. The first-order valence-electron chi connectivity index (χ1n) is 16.0. The Balaban J connectivity index is 1.80. The summed E-state index contributed by atoms with van der Waals surface area (Å²) in [5.41, 5.74) is 4.03. The van der Waals surface area contributed by atoms with Crippen molar-refractivity contribution in [1.82, 2.24) is 10.2 Å². The first-order valence-corrected chi connectivity index (χ1v) is 17.5. The molecule has 1 N–H and O–H groups in total. The average molecular weight is 656 g/mol. The Bertz CT molecular complexity index is 1730. The molecule has 4 rings (SSSR count). The van der Waals surface area contributed by atoms with E-state index in [1.54, 1.807) is 24.3 Å². The summed E-state index contributed by atoms with van der Waals surface area (Å²) in [6.07, 6.45) is 0.980. The van der Waals surface area contributed by atoms with Crippen LogP contribution in [0.1, 0.15) is 49.4 Å². The van der Waals surface area contributed by atoms with Crippen LogP contribution in [0.4, 0.5) is 5.69 Å². The molecule has 2 amide bonds. The molecular weight excluding hydrogens is 611 g/mol. The Hall–Kier alpha value is -4.63. The van der Waals surface area contributed by atoms with Gasteiger partial charge in [0.25, 0.3) is 10.0 Å². The van der Waals surface area contributed by atoms with Gasteiger partial charge in [-0.3, -0.25) is 13.9 Å². The predicted octanol–water partition coefficient (Wildman–Crippen LogP) is 6.45. The first-order chi connectivity index (χ1) is 22.5. The van der Waals surface area contributed by atoms with Crippen molar-refractivity contribution in [2.45, 2.75) is 71.0 Å². The third-order valence-electron chi connectivity index (χ3n) is 8.03. The lowest BCUT2D eigenvalue weighted by Gasteiger charge is -2.34. The van der Waals surface area contributed by atoms with Gasteiger partial charge in [0.2, 0.25) is 11.8 Å². The van der Waals surface area contributed by atoms with Gasteiger partial charge in [-0.25, -0.2) is 8.42 Å². The van der Waals surface area contributed by atoms with Crippen LogP contribution in [-0.4, -0.2) is 50.4 Å². The van der Waals surface area contributed by atoms with Gasteiger partial charge in [-0.05, 0) is 81.6 Å². The molecule has 0 saturated carbocycles. The fourth-order valence-corrected chi connectivity index (χ4v) is 6.66. The van der Waals surface area contributed by atoms with Gasteiger partial charge in [-0.1, -0.05) is 84.8 Å². The lowest BCUT2D eigenvalue weighted by atomic mass is 10.0. The van der Waals surface area contributed by atoms with E-state index in [2.05, 4.69) is 5.32 Å². The highest BCUT2D eigenvalue weighted by Crippen LogP contribution is 2.27. The number of carbonyl (C=O) groups excluding carboxylic acids is 2. The molecule has 0 aliphatic rings. The number of nitrogens with one attached hydrogen (secondary N) is 1. The van der Waals surface area contributed by atoms with Crippen LogP contribution < -0.4 is 14.4 Å². The van der Waals surface area contributed by atoms with Crippen molar-refractivity contribution >= 4 is 27.5 Å². The van der Waals surface area contributed by atoms with E-state index in [4.69, 9.17) is 4.74 Å². The number of hydrogen-bond donors (Lipinski definition) is 1. The van der Waals surface area contributed by atoms with Crippen molar-refractivity contribution in [3.63, 3.8) is 0 Å². The number of rotatable bonds is 15. The molecule has 0 fully saturated rings. The van der Waals surface area contributed by atoms with Crippen LogP contribution in [0.5, 0.6) is 5.75 Å².